The summed E-state index contributed by atoms with van der Waals surface area (Å²) in [5.74, 6) is -0.128. The Morgan fingerprint density at radius 2 is 2.11 bits per heavy atom. The van der Waals surface area contributed by atoms with Gasteiger partial charge >= 0.3 is 5.97 Å². The number of nitrogens with two attached hydrogens (primary N) is 1. The van der Waals surface area contributed by atoms with Crippen LogP contribution in [0.2, 0.25) is 0 Å². The summed E-state index contributed by atoms with van der Waals surface area (Å²) in [4.78, 5) is 10.6. The molecule has 0 radical (unpaired) electrons. The molecule has 1 atom stereocenters. The van der Waals surface area contributed by atoms with E-state index in [9.17, 15) is 4.79 Å². The van der Waals surface area contributed by atoms with Crippen molar-refractivity contribution in [3.8, 4) is 11.5 Å². The molecule has 0 saturated heterocycles. The predicted molar refractivity (Wildman–Crippen MR) is 66.5 cm³/mol. The van der Waals surface area contributed by atoms with Gasteiger partial charge in [0.25, 0.3) is 0 Å². The minimum Gasteiger partial charge on any atom is -0.497 e. The molecule has 0 heterocycles. The van der Waals surface area contributed by atoms with E-state index in [0.717, 1.165) is 0 Å². The fraction of sp³-hybridized carbons (Fsp3) is 0.333. The number of ether oxygens (including phenoxy) is 2. The van der Waals surface area contributed by atoms with Gasteiger partial charge in [0.1, 0.15) is 17.2 Å². The zero-order valence-corrected chi connectivity index (χ0v) is 10.3. The van der Waals surface area contributed by atoms with Crippen LogP contribution >= 0.6 is 0 Å². The molecule has 18 heavy (non-hydrogen) atoms. The fourth-order valence-electron chi connectivity index (χ4n) is 1.55. The second-order valence-corrected chi connectivity index (χ2v) is 3.70. The second kappa shape index (κ2) is 6.02. The van der Waals surface area contributed by atoms with E-state index < -0.39 is 17.7 Å². The SMILES string of the molecule is COc1ccc(OC)c(C(N)CC(=N)C(=O)O)c1. The van der Waals surface area contributed by atoms with E-state index in [2.05, 4.69) is 0 Å². The standard InChI is InChI=1S/C12H16N2O4/c1-17-7-3-4-11(18-2)8(5-7)9(13)6-10(14)12(15)16/h3-5,9,14H,6,13H2,1-2H3,(H,15,16). The van der Waals surface area contributed by atoms with E-state index in [1.54, 1.807) is 18.2 Å². The van der Waals surface area contributed by atoms with Gasteiger partial charge in [-0.25, -0.2) is 4.79 Å². The lowest BCUT2D eigenvalue weighted by Gasteiger charge is -2.16. The topological polar surface area (TPSA) is 106 Å². The molecule has 98 valence electrons. The van der Waals surface area contributed by atoms with Crippen LogP contribution in [0.15, 0.2) is 18.2 Å². The minimum absolute atomic E-state index is 0.0706. The van der Waals surface area contributed by atoms with E-state index in [1.165, 1.54) is 14.2 Å². The first-order valence-corrected chi connectivity index (χ1v) is 5.27. The summed E-state index contributed by atoms with van der Waals surface area (Å²) in [6, 6.07) is 4.47. The number of carbonyl (C=O) groups is 1. The lowest BCUT2D eigenvalue weighted by atomic mass is 10.0. The fourth-order valence-corrected chi connectivity index (χ4v) is 1.55. The summed E-state index contributed by atoms with van der Waals surface area (Å²) < 4.78 is 10.2. The van der Waals surface area contributed by atoms with Gasteiger partial charge in [0.15, 0.2) is 0 Å². The normalized spacial score (nSPS) is 11.7. The van der Waals surface area contributed by atoms with Gasteiger partial charge in [-0.3, -0.25) is 5.41 Å². The molecule has 0 fully saturated rings. The molecule has 0 aliphatic carbocycles. The summed E-state index contributed by atoms with van der Waals surface area (Å²) in [7, 11) is 3.02. The molecule has 0 amide bonds. The van der Waals surface area contributed by atoms with Crippen LogP contribution in [0.25, 0.3) is 0 Å². The number of aliphatic carboxylic acids is 1. The molecular weight excluding hydrogens is 236 g/mol. The Kier molecular flexibility index (Phi) is 4.67. The Balaban J connectivity index is 2.98. The third-order valence-corrected chi connectivity index (χ3v) is 2.52. The molecule has 6 nitrogen and oxygen atoms in total. The number of benzene rings is 1. The molecule has 4 N–H and O–H groups in total. The highest BCUT2D eigenvalue weighted by atomic mass is 16.5. The van der Waals surface area contributed by atoms with Crippen molar-refractivity contribution in [2.75, 3.05) is 14.2 Å². The largest absolute Gasteiger partial charge is 0.497 e. The van der Waals surface area contributed by atoms with Crippen molar-refractivity contribution in [3.05, 3.63) is 23.8 Å². The monoisotopic (exact) mass is 252 g/mol. The number of methoxy groups -OCH3 is 2. The summed E-state index contributed by atoms with van der Waals surface area (Å²) in [5.41, 5.74) is 6.07. The van der Waals surface area contributed by atoms with Crippen molar-refractivity contribution < 1.29 is 19.4 Å². The third kappa shape index (κ3) is 3.21. The molecule has 1 unspecified atom stereocenters. The first kappa shape index (κ1) is 14.0. The highest BCUT2D eigenvalue weighted by Gasteiger charge is 2.18. The van der Waals surface area contributed by atoms with Crippen molar-refractivity contribution in [1.82, 2.24) is 0 Å². The Hall–Kier alpha value is -2.08. The molecule has 1 rings (SSSR count). The van der Waals surface area contributed by atoms with Crippen molar-refractivity contribution in [2.45, 2.75) is 12.5 Å². The van der Waals surface area contributed by atoms with Crippen LogP contribution in [-0.4, -0.2) is 31.0 Å². The maximum atomic E-state index is 10.6. The third-order valence-electron chi connectivity index (χ3n) is 2.52. The molecule has 0 aliphatic heterocycles. The first-order chi connectivity index (χ1) is 8.49. The lowest BCUT2D eigenvalue weighted by Crippen LogP contribution is -2.21. The Labute approximate surface area is 105 Å². The maximum absolute atomic E-state index is 10.6. The molecule has 0 spiro atoms. The molecule has 6 heteroatoms. The van der Waals surface area contributed by atoms with Crippen LogP contribution in [0.1, 0.15) is 18.0 Å². The number of carboxylic acids is 1. The van der Waals surface area contributed by atoms with Gasteiger partial charge in [-0.05, 0) is 18.2 Å². The average molecular weight is 252 g/mol. The van der Waals surface area contributed by atoms with E-state index in [-0.39, 0.29) is 6.42 Å². The van der Waals surface area contributed by atoms with Crippen LogP contribution < -0.4 is 15.2 Å². The maximum Gasteiger partial charge on any atom is 0.349 e. The van der Waals surface area contributed by atoms with Crippen molar-refractivity contribution >= 4 is 11.7 Å². The minimum atomic E-state index is -1.27. The molecular formula is C12H16N2O4. The molecule has 1 aromatic rings. The van der Waals surface area contributed by atoms with Crippen LogP contribution in [-0.2, 0) is 4.79 Å². The van der Waals surface area contributed by atoms with Crippen LogP contribution in [0.4, 0.5) is 0 Å². The lowest BCUT2D eigenvalue weighted by molar-refractivity contribution is -0.129. The van der Waals surface area contributed by atoms with Crippen LogP contribution in [0.3, 0.4) is 0 Å². The number of rotatable bonds is 6. The molecule has 0 aromatic heterocycles. The van der Waals surface area contributed by atoms with E-state index in [4.69, 9.17) is 25.7 Å². The van der Waals surface area contributed by atoms with Crippen molar-refractivity contribution in [3.63, 3.8) is 0 Å². The molecule has 0 bridgehead atoms. The quantitative estimate of drug-likeness (QED) is 0.659. The number of carboxylic acid groups (broad SMARTS) is 1. The number of hydrogen-bond donors (Lipinski definition) is 3. The molecule has 0 saturated carbocycles. The summed E-state index contributed by atoms with van der Waals surface area (Å²) >= 11 is 0. The van der Waals surface area contributed by atoms with Gasteiger partial charge in [-0.15, -0.1) is 0 Å². The number of nitrogens with one attached hydrogen (secondary N) is 1. The zero-order chi connectivity index (χ0) is 13.7. The first-order valence-electron chi connectivity index (χ1n) is 5.27. The van der Waals surface area contributed by atoms with E-state index >= 15 is 0 Å². The van der Waals surface area contributed by atoms with Gasteiger partial charge < -0.3 is 20.3 Å². The molecule has 1 aromatic carbocycles. The highest BCUT2D eigenvalue weighted by molar-refractivity contribution is 6.34. The summed E-state index contributed by atoms with van der Waals surface area (Å²) in [5, 5.41) is 16.0. The second-order valence-electron chi connectivity index (χ2n) is 3.70. The van der Waals surface area contributed by atoms with Crippen LogP contribution in [0.5, 0.6) is 11.5 Å². The smallest absolute Gasteiger partial charge is 0.349 e. The van der Waals surface area contributed by atoms with Gasteiger partial charge in [-0.2, -0.15) is 0 Å². The Morgan fingerprint density at radius 3 is 2.61 bits per heavy atom. The van der Waals surface area contributed by atoms with E-state index in [1.807, 2.05) is 0 Å². The van der Waals surface area contributed by atoms with Gasteiger partial charge in [0, 0.05) is 18.0 Å². The predicted octanol–water partition coefficient (Wildman–Crippen LogP) is 1.20. The van der Waals surface area contributed by atoms with Gasteiger partial charge in [-0.1, -0.05) is 0 Å². The van der Waals surface area contributed by atoms with Gasteiger partial charge in [0.2, 0.25) is 0 Å². The molecule has 0 aliphatic rings. The van der Waals surface area contributed by atoms with E-state index in [0.29, 0.717) is 17.1 Å². The number of hydrogen-bond acceptors (Lipinski definition) is 5. The summed E-state index contributed by atoms with van der Waals surface area (Å²) in [6.07, 6.45) is -0.0706. The zero-order valence-electron chi connectivity index (χ0n) is 10.3. The summed E-state index contributed by atoms with van der Waals surface area (Å²) in [6.45, 7) is 0. The van der Waals surface area contributed by atoms with Crippen LogP contribution in [0, 0.1) is 5.41 Å². The Morgan fingerprint density at radius 1 is 1.44 bits per heavy atom. The van der Waals surface area contributed by atoms with Gasteiger partial charge in [0.05, 0.1) is 14.2 Å². The van der Waals surface area contributed by atoms with Crippen molar-refractivity contribution in [2.24, 2.45) is 5.73 Å². The average Bonchev–Trinajstić information content (AvgIpc) is 2.37. The van der Waals surface area contributed by atoms with Crippen molar-refractivity contribution in [1.29, 1.82) is 5.41 Å². The Bertz CT molecular complexity index is 459. The highest BCUT2D eigenvalue weighted by Crippen LogP contribution is 2.29.